The van der Waals surface area contributed by atoms with Gasteiger partial charge in [0.2, 0.25) is 0 Å². The van der Waals surface area contributed by atoms with E-state index < -0.39 is 11.7 Å². The Morgan fingerprint density at radius 1 is 1.03 bits per heavy atom. The van der Waals surface area contributed by atoms with Gasteiger partial charge in [-0.2, -0.15) is 13.2 Å². The lowest BCUT2D eigenvalue weighted by molar-refractivity contribution is -0.137. The molecular formula is C26H24F3NO2S. The zero-order chi connectivity index (χ0) is 23.4. The molecule has 2 atom stereocenters. The summed E-state index contributed by atoms with van der Waals surface area (Å²) in [5.41, 5.74) is 2.43. The molecule has 33 heavy (non-hydrogen) atoms. The SMILES string of the molecule is COc1cccc2c1[C@H]1Nc3ccc(Sc4ccc(C(F)(F)F)cc4)cc3C(C)(C)[C@H]1CO2. The summed E-state index contributed by atoms with van der Waals surface area (Å²) in [7, 11) is 1.67. The zero-order valence-electron chi connectivity index (χ0n) is 18.5. The summed E-state index contributed by atoms with van der Waals surface area (Å²) in [6.07, 6.45) is -4.33. The summed E-state index contributed by atoms with van der Waals surface area (Å²) in [4.78, 5) is 1.75. The van der Waals surface area contributed by atoms with Gasteiger partial charge >= 0.3 is 6.18 Å². The van der Waals surface area contributed by atoms with E-state index in [1.807, 2.05) is 24.3 Å². The number of hydrogen-bond donors (Lipinski definition) is 1. The first-order chi connectivity index (χ1) is 15.7. The van der Waals surface area contributed by atoms with Gasteiger partial charge < -0.3 is 14.8 Å². The van der Waals surface area contributed by atoms with Crippen LogP contribution in [0.4, 0.5) is 18.9 Å². The van der Waals surface area contributed by atoms with Crippen LogP contribution >= 0.6 is 11.8 Å². The maximum absolute atomic E-state index is 12.9. The highest BCUT2D eigenvalue weighted by atomic mass is 32.2. The fourth-order valence-corrected chi connectivity index (χ4v) is 5.73. The van der Waals surface area contributed by atoms with Gasteiger partial charge in [0.15, 0.2) is 0 Å². The van der Waals surface area contributed by atoms with Crippen molar-refractivity contribution in [2.75, 3.05) is 19.0 Å². The third kappa shape index (κ3) is 3.82. The Morgan fingerprint density at radius 3 is 2.45 bits per heavy atom. The maximum atomic E-state index is 12.9. The summed E-state index contributed by atoms with van der Waals surface area (Å²) in [6.45, 7) is 5.03. The van der Waals surface area contributed by atoms with Crippen LogP contribution in [0, 0.1) is 5.92 Å². The molecule has 0 unspecified atom stereocenters. The van der Waals surface area contributed by atoms with Crippen molar-refractivity contribution in [2.24, 2.45) is 5.92 Å². The van der Waals surface area contributed by atoms with E-state index in [2.05, 4.69) is 31.3 Å². The molecule has 5 rings (SSSR count). The number of ether oxygens (including phenoxy) is 2. The second-order valence-corrected chi connectivity index (χ2v) is 10.1. The number of nitrogens with one attached hydrogen (secondary N) is 1. The van der Waals surface area contributed by atoms with E-state index in [9.17, 15) is 13.2 Å². The smallest absolute Gasteiger partial charge is 0.416 e. The first-order valence-corrected chi connectivity index (χ1v) is 11.6. The third-order valence-electron chi connectivity index (χ3n) is 6.72. The van der Waals surface area contributed by atoms with Crippen molar-refractivity contribution >= 4 is 17.4 Å². The first-order valence-electron chi connectivity index (χ1n) is 10.7. The Balaban J connectivity index is 1.47. The van der Waals surface area contributed by atoms with Crippen LogP contribution in [0.2, 0.25) is 0 Å². The highest BCUT2D eigenvalue weighted by Crippen LogP contribution is 2.54. The fourth-order valence-electron chi connectivity index (χ4n) is 4.87. The van der Waals surface area contributed by atoms with Crippen LogP contribution in [0.1, 0.15) is 36.6 Å². The van der Waals surface area contributed by atoms with Gasteiger partial charge in [0.25, 0.3) is 0 Å². The molecule has 2 aliphatic heterocycles. The van der Waals surface area contributed by atoms with E-state index in [0.717, 1.165) is 44.7 Å². The average molecular weight is 472 g/mol. The minimum Gasteiger partial charge on any atom is -0.496 e. The largest absolute Gasteiger partial charge is 0.496 e. The Kier molecular flexibility index (Phi) is 5.27. The van der Waals surface area contributed by atoms with Gasteiger partial charge in [-0.25, -0.2) is 0 Å². The minimum absolute atomic E-state index is 0.0563. The van der Waals surface area contributed by atoms with Gasteiger partial charge in [-0.15, -0.1) is 0 Å². The average Bonchev–Trinajstić information content (AvgIpc) is 2.78. The fraction of sp³-hybridized carbons (Fsp3) is 0.308. The molecule has 0 fully saturated rings. The van der Waals surface area contributed by atoms with Gasteiger partial charge in [-0.1, -0.05) is 31.7 Å². The van der Waals surface area contributed by atoms with Crippen molar-refractivity contribution in [3.05, 3.63) is 77.4 Å². The lowest BCUT2D eigenvalue weighted by Gasteiger charge is -2.48. The number of methoxy groups -OCH3 is 1. The van der Waals surface area contributed by atoms with E-state index in [4.69, 9.17) is 9.47 Å². The number of benzene rings is 3. The van der Waals surface area contributed by atoms with Crippen molar-refractivity contribution in [3.63, 3.8) is 0 Å². The van der Waals surface area contributed by atoms with Crippen molar-refractivity contribution in [2.45, 2.75) is 41.3 Å². The number of alkyl halides is 3. The summed E-state index contributed by atoms with van der Waals surface area (Å²) in [5, 5.41) is 3.71. The molecule has 3 aromatic carbocycles. The summed E-state index contributed by atoms with van der Waals surface area (Å²) in [6, 6.07) is 17.4. The Bertz CT molecular complexity index is 1180. The summed E-state index contributed by atoms with van der Waals surface area (Å²) in [5.74, 6) is 1.83. The minimum atomic E-state index is -4.33. The van der Waals surface area contributed by atoms with Crippen LogP contribution in [-0.4, -0.2) is 13.7 Å². The molecule has 0 bridgehead atoms. The lowest BCUT2D eigenvalue weighted by atomic mass is 9.65. The van der Waals surface area contributed by atoms with Crippen LogP contribution in [0.5, 0.6) is 11.5 Å². The molecule has 0 amide bonds. The molecule has 2 heterocycles. The monoisotopic (exact) mass is 471 g/mol. The molecular weight excluding hydrogens is 447 g/mol. The van der Waals surface area contributed by atoms with Gasteiger partial charge in [0.1, 0.15) is 11.5 Å². The summed E-state index contributed by atoms with van der Waals surface area (Å²) >= 11 is 1.46. The number of fused-ring (bicyclic) bond motifs is 4. The van der Waals surface area contributed by atoms with E-state index in [1.54, 1.807) is 7.11 Å². The maximum Gasteiger partial charge on any atom is 0.416 e. The normalized spacial score (nSPS) is 20.5. The van der Waals surface area contributed by atoms with Crippen LogP contribution in [0.25, 0.3) is 0 Å². The van der Waals surface area contributed by atoms with Gasteiger partial charge in [0.05, 0.1) is 30.9 Å². The number of anilines is 1. The van der Waals surface area contributed by atoms with E-state index in [1.165, 1.54) is 29.5 Å². The number of rotatable bonds is 3. The quantitative estimate of drug-likeness (QED) is 0.434. The molecule has 0 radical (unpaired) electrons. The van der Waals surface area contributed by atoms with Crippen molar-refractivity contribution in [3.8, 4) is 11.5 Å². The van der Waals surface area contributed by atoms with Crippen molar-refractivity contribution < 1.29 is 22.6 Å². The highest BCUT2D eigenvalue weighted by molar-refractivity contribution is 7.99. The topological polar surface area (TPSA) is 30.5 Å². The summed E-state index contributed by atoms with van der Waals surface area (Å²) < 4.78 is 50.4. The van der Waals surface area contributed by atoms with E-state index in [-0.39, 0.29) is 17.4 Å². The molecule has 7 heteroatoms. The van der Waals surface area contributed by atoms with Crippen LogP contribution in [0.15, 0.2) is 70.5 Å². The Morgan fingerprint density at radius 2 is 1.76 bits per heavy atom. The van der Waals surface area contributed by atoms with Crippen molar-refractivity contribution in [1.29, 1.82) is 0 Å². The molecule has 1 N–H and O–H groups in total. The molecule has 2 aliphatic rings. The van der Waals surface area contributed by atoms with Gasteiger partial charge in [0, 0.05) is 26.8 Å². The Labute approximate surface area is 195 Å². The standard InChI is InChI=1S/C26H24F3NO2S/c1-25(2)18-13-17(33-16-9-7-15(8-10-16)26(27,28)29)11-12-20(18)30-24-19(25)14-32-22-6-4-5-21(31-3)23(22)24/h4-13,19,24,30H,14H2,1-3H3/t19-,24-/m0/s1. The molecule has 3 aromatic rings. The second-order valence-electron chi connectivity index (χ2n) is 8.96. The third-order valence-corrected chi connectivity index (χ3v) is 7.72. The van der Waals surface area contributed by atoms with Crippen LogP contribution in [-0.2, 0) is 11.6 Å². The number of halogens is 3. The van der Waals surface area contributed by atoms with Crippen molar-refractivity contribution in [1.82, 2.24) is 0 Å². The Hall–Kier alpha value is -2.80. The van der Waals surface area contributed by atoms with Crippen LogP contribution in [0.3, 0.4) is 0 Å². The molecule has 0 saturated carbocycles. The first kappa shape index (κ1) is 22.0. The van der Waals surface area contributed by atoms with Gasteiger partial charge in [-0.3, -0.25) is 0 Å². The molecule has 0 spiro atoms. The highest BCUT2D eigenvalue weighted by Gasteiger charge is 2.47. The predicted molar refractivity (Wildman–Crippen MR) is 123 cm³/mol. The molecule has 3 nitrogen and oxygen atoms in total. The second kappa shape index (κ2) is 7.90. The molecule has 0 aliphatic carbocycles. The molecule has 0 aromatic heterocycles. The van der Waals surface area contributed by atoms with Crippen LogP contribution < -0.4 is 14.8 Å². The van der Waals surface area contributed by atoms with E-state index >= 15 is 0 Å². The van der Waals surface area contributed by atoms with Gasteiger partial charge in [-0.05, 0) is 60.2 Å². The van der Waals surface area contributed by atoms with E-state index in [0.29, 0.717) is 6.61 Å². The zero-order valence-corrected chi connectivity index (χ0v) is 19.3. The number of hydrogen-bond acceptors (Lipinski definition) is 4. The molecule has 172 valence electrons. The lowest BCUT2D eigenvalue weighted by Crippen LogP contribution is -2.46. The molecule has 0 saturated heterocycles. The predicted octanol–water partition coefficient (Wildman–Crippen LogP) is 7.32.